The van der Waals surface area contributed by atoms with Crippen molar-refractivity contribution in [3.8, 4) is 6.07 Å². The number of nitrogens with two attached hydrogens (primary N) is 1. The third-order valence-electron chi connectivity index (χ3n) is 2.28. The number of nitrogens with zero attached hydrogens (tertiary/aromatic N) is 1. The van der Waals surface area contributed by atoms with E-state index in [2.05, 4.69) is 6.07 Å². The third kappa shape index (κ3) is 3.09. The van der Waals surface area contributed by atoms with Crippen LogP contribution in [-0.4, -0.2) is 5.54 Å². The number of halogens is 1. The monoisotopic (exact) mass is 174 g/mol. The average molecular weight is 175 g/mol. The van der Waals surface area contributed by atoms with Crippen LogP contribution in [0.3, 0.4) is 0 Å². The molecule has 1 rings (SSSR count). The molecule has 0 aromatic carbocycles. The van der Waals surface area contributed by atoms with E-state index in [0.717, 1.165) is 12.8 Å². The first kappa shape index (κ1) is 10.7. The van der Waals surface area contributed by atoms with Crippen molar-refractivity contribution in [1.29, 1.82) is 5.26 Å². The van der Waals surface area contributed by atoms with Gasteiger partial charge < -0.3 is 5.73 Å². The average Bonchev–Trinajstić information content (AvgIpc) is 1.89. The first-order valence-corrected chi connectivity index (χ1v) is 3.93. The molecule has 1 aliphatic carbocycles. The highest BCUT2D eigenvalue weighted by atomic mass is 35.5. The van der Waals surface area contributed by atoms with Crippen LogP contribution in [0.1, 0.15) is 38.5 Å². The minimum Gasteiger partial charge on any atom is -0.324 e. The maximum atomic E-state index is 8.45. The Morgan fingerprint density at radius 2 is 1.82 bits per heavy atom. The normalized spacial score (nSPS) is 21.5. The maximum absolute atomic E-state index is 8.45. The lowest BCUT2D eigenvalue weighted by Gasteiger charge is -2.30. The first-order chi connectivity index (χ1) is 4.77. The van der Waals surface area contributed by atoms with Crippen LogP contribution in [0.4, 0.5) is 0 Å². The van der Waals surface area contributed by atoms with E-state index in [4.69, 9.17) is 11.0 Å². The SMILES string of the molecule is Cl.N#CCC1(N)CCCCC1. The van der Waals surface area contributed by atoms with Crippen LogP contribution in [0.2, 0.25) is 0 Å². The molecule has 0 amide bonds. The molecular formula is C8H15ClN2. The summed E-state index contributed by atoms with van der Waals surface area (Å²) in [5, 5.41) is 8.45. The van der Waals surface area contributed by atoms with Gasteiger partial charge in [-0.2, -0.15) is 5.26 Å². The summed E-state index contributed by atoms with van der Waals surface area (Å²) in [5.41, 5.74) is 5.82. The molecule has 0 spiro atoms. The van der Waals surface area contributed by atoms with Crippen molar-refractivity contribution in [1.82, 2.24) is 0 Å². The highest BCUT2D eigenvalue weighted by Crippen LogP contribution is 2.27. The molecule has 1 saturated carbocycles. The summed E-state index contributed by atoms with van der Waals surface area (Å²) in [7, 11) is 0. The molecule has 2 nitrogen and oxygen atoms in total. The van der Waals surface area contributed by atoms with E-state index in [1.54, 1.807) is 0 Å². The van der Waals surface area contributed by atoms with Crippen molar-refractivity contribution in [2.75, 3.05) is 0 Å². The molecule has 2 N–H and O–H groups in total. The summed E-state index contributed by atoms with van der Waals surface area (Å²) in [6.07, 6.45) is 6.33. The summed E-state index contributed by atoms with van der Waals surface area (Å²) < 4.78 is 0. The predicted octanol–water partition coefficient (Wildman–Crippen LogP) is 1.98. The molecule has 0 aromatic heterocycles. The van der Waals surface area contributed by atoms with Gasteiger partial charge in [0.25, 0.3) is 0 Å². The molecule has 0 radical (unpaired) electrons. The molecule has 0 heterocycles. The molecule has 64 valence electrons. The molecule has 1 fully saturated rings. The number of rotatable bonds is 1. The number of hydrogen-bond donors (Lipinski definition) is 1. The zero-order valence-electron chi connectivity index (χ0n) is 6.68. The molecule has 3 heteroatoms. The Morgan fingerprint density at radius 1 is 1.27 bits per heavy atom. The molecule has 0 aromatic rings. The Kier molecular flexibility index (Phi) is 4.48. The van der Waals surface area contributed by atoms with E-state index < -0.39 is 0 Å². The van der Waals surface area contributed by atoms with E-state index in [9.17, 15) is 0 Å². The van der Waals surface area contributed by atoms with Crippen molar-refractivity contribution in [3.63, 3.8) is 0 Å². The standard InChI is InChI=1S/C8H14N2.ClH/c9-7-6-8(10)4-2-1-3-5-8;/h1-6,10H2;1H. The van der Waals surface area contributed by atoms with Gasteiger partial charge in [0.15, 0.2) is 0 Å². The molecule has 0 unspecified atom stereocenters. The van der Waals surface area contributed by atoms with Crippen LogP contribution >= 0.6 is 12.4 Å². The van der Waals surface area contributed by atoms with E-state index >= 15 is 0 Å². The second-order valence-electron chi connectivity index (χ2n) is 3.26. The highest BCUT2D eigenvalue weighted by molar-refractivity contribution is 5.85. The van der Waals surface area contributed by atoms with Gasteiger partial charge in [-0.15, -0.1) is 12.4 Å². The number of nitriles is 1. The van der Waals surface area contributed by atoms with Gasteiger partial charge in [-0.25, -0.2) is 0 Å². The van der Waals surface area contributed by atoms with Crippen LogP contribution in [0, 0.1) is 11.3 Å². The van der Waals surface area contributed by atoms with E-state index in [0.29, 0.717) is 6.42 Å². The van der Waals surface area contributed by atoms with Crippen LogP contribution in [-0.2, 0) is 0 Å². The smallest absolute Gasteiger partial charge is 0.0641 e. The fourth-order valence-electron chi connectivity index (χ4n) is 1.59. The van der Waals surface area contributed by atoms with Gasteiger partial charge in [-0.05, 0) is 12.8 Å². The van der Waals surface area contributed by atoms with Gasteiger partial charge in [-0.1, -0.05) is 19.3 Å². The van der Waals surface area contributed by atoms with Crippen molar-refractivity contribution in [3.05, 3.63) is 0 Å². The van der Waals surface area contributed by atoms with Crippen LogP contribution in [0.5, 0.6) is 0 Å². The minimum atomic E-state index is -0.132. The second kappa shape index (κ2) is 4.58. The summed E-state index contributed by atoms with van der Waals surface area (Å²) in [6.45, 7) is 0. The van der Waals surface area contributed by atoms with Gasteiger partial charge in [0.1, 0.15) is 0 Å². The maximum Gasteiger partial charge on any atom is 0.0641 e. The predicted molar refractivity (Wildman–Crippen MR) is 47.5 cm³/mol. The van der Waals surface area contributed by atoms with Crippen LogP contribution < -0.4 is 5.73 Å². The topological polar surface area (TPSA) is 49.8 Å². The molecule has 0 bridgehead atoms. The lowest BCUT2D eigenvalue weighted by atomic mass is 9.81. The van der Waals surface area contributed by atoms with Gasteiger partial charge in [0, 0.05) is 5.54 Å². The molecule has 0 saturated heterocycles. The lowest BCUT2D eigenvalue weighted by molar-refractivity contribution is 0.301. The quantitative estimate of drug-likeness (QED) is 0.661. The Balaban J connectivity index is 0.000001000. The lowest BCUT2D eigenvalue weighted by Crippen LogP contribution is -2.41. The Morgan fingerprint density at radius 3 is 2.27 bits per heavy atom. The van der Waals surface area contributed by atoms with E-state index in [-0.39, 0.29) is 17.9 Å². The third-order valence-corrected chi connectivity index (χ3v) is 2.28. The van der Waals surface area contributed by atoms with Crippen LogP contribution in [0.15, 0.2) is 0 Å². The summed E-state index contributed by atoms with van der Waals surface area (Å²) in [4.78, 5) is 0. The van der Waals surface area contributed by atoms with Crippen molar-refractivity contribution >= 4 is 12.4 Å². The number of hydrogen-bond acceptors (Lipinski definition) is 2. The zero-order valence-corrected chi connectivity index (χ0v) is 7.49. The Bertz CT molecular complexity index is 145. The summed E-state index contributed by atoms with van der Waals surface area (Å²) >= 11 is 0. The molecule has 0 atom stereocenters. The van der Waals surface area contributed by atoms with E-state index in [1.165, 1.54) is 19.3 Å². The zero-order chi connectivity index (χ0) is 7.45. The molecular weight excluding hydrogens is 160 g/mol. The summed E-state index contributed by atoms with van der Waals surface area (Å²) in [5.74, 6) is 0. The van der Waals surface area contributed by atoms with Crippen molar-refractivity contribution < 1.29 is 0 Å². The van der Waals surface area contributed by atoms with Gasteiger partial charge >= 0.3 is 0 Å². The Labute approximate surface area is 74.2 Å². The molecule has 1 aliphatic rings. The fourth-order valence-corrected chi connectivity index (χ4v) is 1.59. The van der Waals surface area contributed by atoms with Gasteiger partial charge in [-0.3, -0.25) is 0 Å². The second-order valence-corrected chi connectivity index (χ2v) is 3.26. The minimum absolute atomic E-state index is 0. The van der Waals surface area contributed by atoms with Crippen molar-refractivity contribution in [2.45, 2.75) is 44.1 Å². The highest BCUT2D eigenvalue weighted by Gasteiger charge is 2.26. The Hall–Kier alpha value is -0.260. The molecule has 0 aliphatic heterocycles. The summed E-state index contributed by atoms with van der Waals surface area (Å²) in [6, 6.07) is 2.15. The van der Waals surface area contributed by atoms with Crippen LogP contribution in [0.25, 0.3) is 0 Å². The molecule has 11 heavy (non-hydrogen) atoms. The van der Waals surface area contributed by atoms with Crippen molar-refractivity contribution in [2.24, 2.45) is 5.73 Å². The van der Waals surface area contributed by atoms with Gasteiger partial charge in [0.05, 0.1) is 12.5 Å². The fraction of sp³-hybridized carbons (Fsp3) is 0.875. The first-order valence-electron chi connectivity index (χ1n) is 3.93. The van der Waals surface area contributed by atoms with E-state index in [1.807, 2.05) is 0 Å². The van der Waals surface area contributed by atoms with Gasteiger partial charge in [0.2, 0.25) is 0 Å². The largest absolute Gasteiger partial charge is 0.324 e.